The van der Waals surface area contributed by atoms with E-state index in [1.54, 1.807) is 18.2 Å². The molecule has 0 saturated carbocycles. The van der Waals surface area contributed by atoms with Gasteiger partial charge in [0.2, 0.25) is 5.89 Å². The maximum atomic E-state index is 6.08. The topological polar surface area (TPSA) is 60.2 Å². The Kier molecular flexibility index (Phi) is 5.00. The van der Waals surface area contributed by atoms with Gasteiger partial charge in [0.05, 0.1) is 17.3 Å². The molecule has 1 heterocycles. The molecule has 2 aromatic carbocycles. The molecule has 0 radical (unpaired) electrons. The van der Waals surface area contributed by atoms with Crippen LogP contribution in [-0.2, 0) is 13.2 Å². The summed E-state index contributed by atoms with van der Waals surface area (Å²) in [7, 11) is 0. The highest BCUT2D eigenvalue weighted by atomic mass is 35.5. The largest absolute Gasteiger partial charge is 0.484 e. The average Bonchev–Trinajstić information content (AvgIpc) is 3.01. The summed E-state index contributed by atoms with van der Waals surface area (Å²) in [5.74, 6) is 1.61. The van der Waals surface area contributed by atoms with Crippen LogP contribution in [-0.4, -0.2) is 10.2 Å². The van der Waals surface area contributed by atoms with Crippen molar-refractivity contribution in [3.63, 3.8) is 0 Å². The zero-order valence-electron chi connectivity index (χ0n) is 12.0. The summed E-state index contributed by atoms with van der Waals surface area (Å²) < 4.78 is 11.1. The summed E-state index contributed by atoms with van der Waals surface area (Å²) in [6.45, 7) is 0.582. The van der Waals surface area contributed by atoms with Crippen molar-refractivity contribution in [2.24, 2.45) is 0 Å². The van der Waals surface area contributed by atoms with Crippen LogP contribution in [0.2, 0.25) is 10.0 Å². The highest BCUT2D eigenvalue weighted by Crippen LogP contribution is 2.25. The molecule has 0 saturated heterocycles. The maximum Gasteiger partial charge on any atom is 0.253 e. The lowest BCUT2D eigenvalue weighted by molar-refractivity contribution is 0.259. The molecule has 0 atom stereocenters. The fourth-order valence-corrected chi connectivity index (χ4v) is 2.36. The second-order valence-electron chi connectivity index (χ2n) is 4.67. The number of ether oxygens (including phenoxy) is 1. The number of hydrogen-bond donors (Lipinski definition) is 1. The number of nitrogens with one attached hydrogen (secondary N) is 1. The van der Waals surface area contributed by atoms with Gasteiger partial charge in [-0.15, -0.1) is 10.2 Å². The van der Waals surface area contributed by atoms with Crippen LogP contribution < -0.4 is 10.1 Å². The Balaban J connectivity index is 1.55. The first-order valence-corrected chi connectivity index (χ1v) is 7.64. The molecule has 5 nitrogen and oxygen atoms in total. The van der Waals surface area contributed by atoms with Crippen LogP contribution in [0, 0.1) is 0 Å². The molecule has 3 aromatic rings. The molecule has 7 heteroatoms. The van der Waals surface area contributed by atoms with Gasteiger partial charge in [-0.1, -0.05) is 41.4 Å². The highest BCUT2D eigenvalue weighted by molar-refractivity contribution is 6.36. The van der Waals surface area contributed by atoms with Crippen LogP contribution in [0.3, 0.4) is 0 Å². The molecule has 0 aliphatic rings. The first kappa shape index (κ1) is 15.6. The molecule has 1 aromatic heterocycles. The zero-order valence-corrected chi connectivity index (χ0v) is 13.5. The quantitative estimate of drug-likeness (QED) is 0.706. The standard InChI is InChI=1S/C16H13Cl2N3O2/c17-11-6-7-14(13(18)8-11)19-9-15-20-21-16(23-15)10-22-12-4-2-1-3-5-12/h1-8,19H,9-10H2. The summed E-state index contributed by atoms with van der Waals surface area (Å²) in [6, 6.07) is 14.7. The minimum atomic E-state index is 0.221. The summed E-state index contributed by atoms with van der Waals surface area (Å²) in [6.07, 6.45) is 0. The van der Waals surface area contributed by atoms with Crippen molar-refractivity contribution in [2.45, 2.75) is 13.2 Å². The van der Waals surface area contributed by atoms with Gasteiger partial charge in [-0.2, -0.15) is 0 Å². The lowest BCUT2D eigenvalue weighted by Crippen LogP contribution is -2.00. The molecular formula is C16H13Cl2N3O2. The van der Waals surface area contributed by atoms with Crippen LogP contribution in [0.15, 0.2) is 52.9 Å². The number of halogens is 2. The molecule has 23 heavy (non-hydrogen) atoms. The Morgan fingerprint density at radius 1 is 1.00 bits per heavy atom. The Morgan fingerprint density at radius 2 is 1.78 bits per heavy atom. The second kappa shape index (κ2) is 7.35. The van der Waals surface area contributed by atoms with Crippen LogP contribution >= 0.6 is 23.2 Å². The van der Waals surface area contributed by atoms with Crippen molar-refractivity contribution in [1.82, 2.24) is 10.2 Å². The van der Waals surface area contributed by atoms with Gasteiger partial charge in [-0.3, -0.25) is 0 Å². The molecule has 0 aliphatic carbocycles. The van der Waals surface area contributed by atoms with Crippen molar-refractivity contribution >= 4 is 28.9 Å². The molecule has 0 bridgehead atoms. The number of benzene rings is 2. The van der Waals surface area contributed by atoms with Gasteiger partial charge in [0.15, 0.2) is 6.61 Å². The molecule has 0 aliphatic heterocycles. The van der Waals surface area contributed by atoms with Crippen LogP contribution in [0.4, 0.5) is 5.69 Å². The normalized spacial score (nSPS) is 10.5. The smallest absolute Gasteiger partial charge is 0.253 e. The summed E-state index contributed by atoms with van der Waals surface area (Å²) in [5, 5.41) is 12.1. The predicted molar refractivity (Wildman–Crippen MR) is 88.9 cm³/mol. The monoisotopic (exact) mass is 349 g/mol. The van der Waals surface area contributed by atoms with Crippen molar-refractivity contribution in [3.05, 3.63) is 70.4 Å². The summed E-state index contributed by atoms with van der Waals surface area (Å²) in [5.41, 5.74) is 0.747. The number of aromatic nitrogens is 2. The Hall–Kier alpha value is -2.24. The van der Waals surface area contributed by atoms with Crippen LogP contribution in [0.1, 0.15) is 11.8 Å². The SMILES string of the molecule is Clc1ccc(NCc2nnc(COc3ccccc3)o2)c(Cl)c1. The van der Waals surface area contributed by atoms with Gasteiger partial charge in [0.25, 0.3) is 5.89 Å². The molecule has 0 fully saturated rings. The van der Waals surface area contributed by atoms with E-state index in [4.69, 9.17) is 32.4 Å². The van der Waals surface area contributed by atoms with Crippen LogP contribution in [0.5, 0.6) is 5.75 Å². The maximum absolute atomic E-state index is 6.08. The van der Waals surface area contributed by atoms with E-state index >= 15 is 0 Å². The highest BCUT2D eigenvalue weighted by Gasteiger charge is 2.08. The summed E-state index contributed by atoms with van der Waals surface area (Å²) in [4.78, 5) is 0. The minimum Gasteiger partial charge on any atom is -0.484 e. The molecule has 0 spiro atoms. The van der Waals surface area contributed by atoms with Gasteiger partial charge < -0.3 is 14.5 Å². The van der Waals surface area contributed by atoms with Gasteiger partial charge in [0, 0.05) is 5.02 Å². The van der Waals surface area contributed by atoms with E-state index in [1.807, 2.05) is 30.3 Å². The Morgan fingerprint density at radius 3 is 2.57 bits per heavy atom. The zero-order chi connectivity index (χ0) is 16.1. The first-order chi connectivity index (χ1) is 11.2. The van der Waals surface area contributed by atoms with E-state index in [0.29, 0.717) is 28.4 Å². The minimum absolute atomic E-state index is 0.221. The lowest BCUT2D eigenvalue weighted by atomic mass is 10.3. The third kappa shape index (κ3) is 4.37. The molecule has 0 unspecified atom stereocenters. The second-order valence-corrected chi connectivity index (χ2v) is 5.51. The lowest BCUT2D eigenvalue weighted by Gasteiger charge is -2.06. The molecule has 3 rings (SSSR count). The number of hydrogen-bond acceptors (Lipinski definition) is 5. The number of nitrogens with zero attached hydrogens (tertiary/aromatic N) is 2. The van der Waals surface area contributed by atoms with Crippen LogP contribution in [0.25, 0.3) is 0 Å². The van der Waals surface area contributed by atoms with E-state index in [0.717, 1.165) is 11.4 Å². The average molecular weight is 350 g/mol. The molecule has 0 amide bonds. The molecule has 118 valence electrons. The Bertz CT molecular complexity index is 778. The third-order valence-electron chi connectivity index (χ3n) is 2.98. The van der Waals surface area contributed by atoms with E-state index in [9.17, 15) is 0 Å². The summed E-state index contributed by atoms with van der Waals surface area (Å²) >= 11 is 11.9. The van der Waals surface area contributed by atoms with E-state index in [1.165, 1.54) is 0 Å². The fraction of sp³-hybridized carbons (Fsp3) is 0.125. The number of rotatable bonds is 6. The van der Waals surface area contributed by atoms with Gasteiger partial charge in [-0.05, 0) is 30.3 Å². The van der Waals surface area contributed by atoms with Crippen molar-refractivity contribution in [2.75, 3.05) is 5.32 Å². The molecular weight excluding hydrogens is 337 g/mol. The van der Waals surface area contributed by atoms with Crippen molar-refractivity contribution < 1.29 is 9.15 Å². The Labute approximate surface area is 143 Å². The van der Waals surface area contributed by atoms with Crippen molar-refractivity contribution in [1.29, 1.82) is 0 Å². The van der Waals surface area contributed by atoms with E-state index in [-0.39, 0.29) is 6.61 Å². The van der Waals surface area contributed by atoms with Gasteiger partial charge in [0.1, 0.15) is 5.75 Å². The molecule has 1 N–H and O–H groups in total. The number of anilines is 1. The van der Waals surface area contributed by atoms with E-state index < -0.39 is 0 Å². The third-order valence-corrected chi connectivity index (χ3v) is 3.52. The first-order valence-electron chi connectivity index (χ1n) is 6.89. The van der Waals surface area contributed by atoms with E-state index in [2.05, 4.69) is 15.5 Å². The fourth-order valence-electron chi connectivity index (χ4n) is 1.88. The van der Waals surface area contributed by atoms with Crippen molar-refractivity contribution in [3.8, 4) is 5.75 Å². The van der Waals surface area contributed by atoms with Gasteiger partial charge in [-0.25, -0.2) is 0 Å². The number of para-hydroxylation sites is 1. The predicted octanol–water partition coefficient (Wildman–Crippen LogP) is 4.57. The van der Waals surface area contributed by atoms with Gasteiger partial charge >= 0.3 is 0 Å².